The largest absolute Gasteiger partial charge is 0.475 e. The highest BCUT2D eigenvalue weighted by atomic mass is 32.1. The van der Waals surface area contributed by atoms with Gasteiger partial charge in [0, 0.05) is 47.1 Å². The van der Waals surface area contributed by atoms with Gasteiger partial charge in [0.05, 0.1) is 11.6 Å². The number of ether oxygens (including phenoxy) is 1. The molecule has 3 aromatic rings. The van der Waals surface area contributed by atoms with E-state index in [0.29, 0.717) is 30.1 Å². The van der Waals surface area contributed by atoms with E-state index in [1.54, 1.807) is 4.90 Å². The third-order valence-electron chi connectivity index (χ3n) is 6.52. The monoisotopic (exact) mass is 500 g/mol. The molecule has 1 saturated heterocycles. The molecule has 0 aromatic carbocycles. The van der Waals surface area contributed by atoms with Crippen molar-refractivity contribution in [1.82, 2.24) is 19.9 Å². The van der Waals surface area contributed by atoms with Crippen molar-refractivity contribution in [2.24, 2.45) is 11.8 Å². The number of piperidine rings is 1. The molecule has 6 nitrogen and oxygen atoms in total. The molecule has 0 N–H and O–H groups in total. The van der Waals surface area contributed by atoms with Crippen LogP contribution in [0.2, 0.25) is 0 Å². The van der Waals surface area contributed by atoms with Crippen LogP contribution in [0.5, 0.6) is 5.88 Å². The lowest BCUT2D eigenvalue weighted by Crippen LogP contribution is -2.48. The lowest BCUT2D eigenvalue weighted by atomic mass is 10.0. The summed E-state index contributed by atoms with van der Waals surface area (Å²) >= 11 is 1.46. The van der Waals surface area contributed by atoms with Gasteiger partial charge in [-0.15, -0.1) is 11.3 Å². The smallest absolute Gasteiger partial charge is 0.417 e. The molecule has 2 fully saturated rings. The Kier molecular flexibility index (Phi) is 5.86. The van der Waals surface area contributed by atoms with Crippen molar-refractivity contribution < 1.29 is 22.7 Å². The molecule has 1 saturated carbocycles. The fourth-order valence-corrected chi connectivity index (χ4v) is 5.34. The molecule has 35 heavy (non-hydrogen) atoms. The van der Waals surface area contributed by atoms with Crippen LogP contribution in [-0.4, -0.2) is 45.0 Å². The van der Waals surface area contributed by atoms with Crippen LogP contribution in [0.4, 0.5) is 13.2 Å². The van der Waals surface area contributed by atoms with Gasteiger partial charge in [-0.1, -0.05) is 12.2 Å². The number of aryl methyl sites for hydroxylation is 2. The molecule has 1 amide bonds. The minimum Gasteiger partial charge on any atom is -0.475 e. The second kappa shape index (κ2) is 8.75. The lowest BCUT2D eigenvalue weighted by molar-refractivity contribution is -0.137. The van der Waals surface area contributed by atoms with E-state index in [-0.39, 0.29) is 30.4 Å². The first-order chi connectivity index (χ1) is 16.6. The Labute approximate surface area is 204 Å². The number of carbonyl (C=O) groups excluding carboxylic acids is 1. The number of alkyl halides is 3. The summed E-state index contributed by atoms with van der Waals surface area (Å²) in [6.07, 6.45) is -3.04. The maximum Gasteiger partial charge on any atom is 0.417 e. The van der Waals surface area contributed by atoms with Gasteiger partial charge in [-0.3, -0.25) is 4.79 Å². The van der Waals surface area contributed by atoms with Gasteiger partial charge in [0.2, 0.25) is 5.88 Å². The summed E-state index contributed by atoms with van der Waals surface area (Å²) in [5.41, 5.74) is 2.88. The average Bonchev–Trinajstić information content (AvgIpc) is 3.23. The Morgan fingerprint density at radius 1 is 1.17 bits per heavy atom. The van der Waals surface area contributed by atoms with Gasteiger partial charge >= 0.3 is 6.18 Å². The number of likely N-dealkylation sites (tertiary alicyclic amines) is 1. The molecular weight excluding hydrogens is 477 g/mol. The van der Waals surface area contributed by atoms with E-state index in [1.807, 2.05) is 31.4 Å². The maximum atomic E-state index is 13.8. The quantitative estimate of drug-likeness (QED) is 0.443. The van der Waals surface area contributed by atoms with Crippen LogP contribution in [0.1, 0.15) is 33.9 Å². The molecular formula is C25H23F3N4O2S. The fraction of sp³-hybridized carbons (Fsp3) is 0.360. The highest BCUT2D eigenvalue weighted by Crippen LogP contribution is 2.52. The van der Waals surface area contributed by atoms with Crippen LogP contribution in [0, 0.1) is 25.7 Å². The number of carbonyl (C=O) groups is 1. The van der Waals surface area contributed by atoms with E-state index in [2.05, 4.69) is 21.5 Å². The van der Waals surface area contributed by atoms with Crippen LogP contribution in [0.3, 0.4) is 0 Å². The van der Waals surface area contributed by atoms with Crippen molar-refractivity contribution in [2.75, 3.05) is 13.2 Å². The number of hydrogen-bond acceptors (Lipinski definition) is 6. The van der Waals surface area contributed by atoms with Crippen molar-refractivity contribution in [3.63, 3.8) is 0 Å². The molecule has 1 aliphatic heterocycles. The van der Waals surface area contributed by atoms with E-state index in [0.717, 1.165) is 34.2 Å². The maximum absolute atomic E-state index is 13.8. The first-order valence-corrected chi connectivity index (χ1v) is 12.1. The molecule has 182 valence electrons. The van der Waals surface area contributed by atoms with Crippen LogP contribution in [0.15, 0.2) is 48.0 Å². The van der Waals surface area contributed by atoms with Gasteiger partial charge in [0.15, 0.2) is 0 Å². The standard InChI is InChI=1S/C25H23F3N4O2S/c1-13-4-6-18(23-31-14(2)12-35-23)22(30-13)24(33)32-10-20-15(3)19(20)8-17(32)11-34-21-7-5-16(9-29-21)25(26,27)28/h4-7,9,12,17,19-20H,3,8,10-11H2,1-2H3. The molecule has 0 spiro atoms. The van der Waals surface area contributed by atoms with Crippen LogP contribution in [0.25, 0.3) is 10.6 Å². The zero-order valence-electron chi connectivity index (χ0n) is 19.2. The number of aromatic nitrogens is 3. The van der Waals surface area contributed by atoms with Crippen molar-refractivity contribution >= 4 is 17.2 Å². The van der Waals surface area contributed by atoms with Crippen LogP contribution < -0.4 is 4.74 Å². The predicted molar refractivity (Wildman–Crippen MR) is 125 cm³/mol. The summed E-state index contributed by atoms with van der Waals surface area (Å²) in [6, 6.07) is 5.56. The number of nitrogens with zero attached hydrogens (tertiary/aromatic N) is 4. The van der Waals surface area contributed by atoms with Gasteiger partial charge in [0.25, 0.3) is 5.91 Å². The summed E-state index contributed by atoms with van der Waals surface area (Å²) in [6.45, 7) is 8.47. The van der Waals surface area contributed by atoms with Crippen molar-refractivity contribution in [1.29, 1.82) is 0 Å². The van der Waals surface area contributed by atoms with Gasteiger partial charge in [-0.25, -0.2) is 15.0 Å². The van der Waals surface area contributed by atoms with Gasteiger partial charge in [0.1, 0.15) is 17.3 Å². The minimum atomic E-state index is -4.46. The van der Waals surface area contributed by atoms with Crippen molar-refractivity contribution in [3.8, 4) is 16.5 Å². The number of fused-ring (bicyclic) bond motifs is 1. The lowest BCUT2D eigenvalue weighted by Gasteiger charge is -2.35. The molecule has 3 unspecified atom stereocenters. The molecule has 10 heteroatoms. The van der Waals surface area contributed by atoms with Gasteiger partial charge < -0.3 is 9.64 Å². The summed E-state index contributed by atoms with van der Waals surface area (Å²) in [5.74, 6) is 0.424. The molecule has 0 bridgehead atoms. The predicted octanol–water partition coefficient (Wildman–Crippen LogP) is 5.33. The number of amides is 1. The second-order valence-electron chi connectivity index (χ2n) is 8.97. The average molecular weight is 501 g/mol. The summed E-state index contributed by atoms with van der Waals surface area (Å²) in [4.78, 5) is 28.5. The Morgan fingerprint density at radius 3 is 2.63 bits per heavy atom. The number of halogens is 3. The second-order valence-corrected chi connectivity index (χ2v) is 9.83. The Bertz CT molecular complexity index is 1290. The summed E-state index contributed by atoms with van der Waals surface area (Å²) in [5, 5.41) is 2.66. The Hall–Kier alpha value is -3.27. The van der Waals surface area contributed by atoms with E-state index >= 15 is 0 Å². The van der Waals surface area contributed by atoms with Crippen LogP contribution >= 0.6 is 11.3 Å². The summed E-state index contributed by atoms with van der Waals surface area (Å²) < 4.78 is 44.2. The third kappa shape index (κ3) is 4.67. The van der Waals surface area contributed by atoms with E-state index in [4.69, 9.17) is 4.74 Å². The van der Waals surface area contributed by atoms with Crippen molar-refractivity contribution in [3.05, 3.63) is 70.6 Å². The zero-order valence-corrected chi connectivity index (χ0v) is 20.0. The highest BCUT2D eigenvalue weighted by Gasteiger charge is 2.51. The molecule has 3 aromatic heterocycles. The van der Waals surface area contributed by atoms with Gasteiger partial charge in [-0.05, 0) is 44.4 Å². The first-order valence-electron chi connectivity index (χ1n) is 11.2. The molecule has 0 radical (unpaired) electrons. The minimum absolute atomic E-state index is 0.0785. The van der Waals surface area contributed by atoms with Crippen LogP contribution in [-0.2, 0) is 6.18 Å². The summed E-state index contributed by atoms with van der Waals surface area (Å²) in [7, 11) is 0. The normalized spacial score (nSPS) is 21.6. The Morgan fingerprint density at radius 2 is 1.97 bits per heavy atom. The molecule has 3 atom stereocenters. The molecule has 4 heterocycles. The first kappa shape index (κ1) is 23.5. The molecule has 5 rings (SSSR count). The van der Waals surface area contributed by atoms with E-state index in [1.165, 1.54) is 17.4 Å². The Balaban J connectivity index is 1.39. The topological polar surface area (TPSA) is 68.2 Å². The number of rotatable bonds is 5. The SMILES string of the molecule is C=C1C2CC(COc3ccc(C(F)(F)F)cn3)N(C(=O)c3nc(C)ccc3-c3nc(C)cs3)CC12. The zero-order chi connectivity index (χ0) is 24.9. The fourth-order valence-electron chi connectivity index (χ4n) is 4.51. The number of hydrogen-bond donors (Lipinski definition) is 0. The van der Waals surface area contributed by atoms with Crippen molar-refractivity contribution in [2.45, 2.75) is 32.5 Å². The van der Waals surface area contributed by atoms with E-state index < -0.39 is 11.7 Å². The molecule has 1 aliphatic carbocycles. The van der Waals surface area contributed by atoms with Gasteiger partial charge in [-0.2, -0.15) is 13.2 Å². The highest BCUT2D eigenvalue weighted by molar-refractivity contribution is 7.13. The van der Waals surface area contributed by atoms with E-state index in [9.17, 15) is 18.0 Å². The number of thiazole rings is 1. The molecule has 2 aliphatic rings. The number of pyridine rings is 2. The third-order valence-corrected chi connectivity index (χ3v) is 7.52.